The number of aromatic nitrogens is 3. The lowest BCUT2D eigenvalue weighted by Gasteiger charge is -2.16. The monoisotopic (exact) mass is 415 g/mol. The maximum Gasteiger partial charge on any atom is 0.132 e. The zero-order valence-corrected chi connectivity index (χ0v) is 18.0. The second-order valence-electron chi connectivity index (χ2n) is 7.77. The van der Waals surface area contributed by atoms with Crippen LogP contribution in [-0.2, 0) is 13.1 Å². The van der Waals surface area contributed by atoms with E-state index in [2.05, 4.69) is 47.6 Å². The molecule has 5 nitrogen and oxygen atoms in total. The van der Waals surface area contributed by atoms with E-state index in [4.69, 9.17) is 5.10 Å². The molecule has 0 amide bonds. The molecular formula is C25H26FN5. The molecule has 6 heteroatoms. The Kier molecular flexibility index (Phi) is 6.09. The standard InChI is InChI=1S/C25H26FN5/c1-18-6-8-19(9-7-18)24-21(17-31(29-24)23-12-10-22(26)11-13-23)16-27-15-20-5-4-14-28-25(20)30(2)3/h4-14,17,27H,15-16H2,1-3H3. The number of nitrogens with one attached hydrogen (secondary N) is 1. The molecule has 4 rings (SSSR count). The Hall–Kier alpha value is -3.51. The molecule has 0 fully saturated rings. The number of hydrogen-bond donors (Lipinski definition) is 1. The summed E-state index contributed by atoms with van der Waals surface area (Å²) in [6.45, 7) is 3.40. The average Bonchev–Trinajstić information content (AvgIpc) is 3.19. The van der Waals surface area contributed by atoms with Crippen LogP contribution >= 0.6 is 0 Å². The fourth-order valence-corrected chi connectivity index (χ4v) is 3.52. The smallest absolute Gasteiger partial charge is 0.132 e. The number of aryl methyl sites for hydroxylation is 1. The Balaban J connectivity index is 1.61. The molecule has 0 atom stereocenters. The van der Waals surface area contributed by atoms with Gasteiger partial charge in [-0.25, -0.2) is 14.1 Å². The van der Waals surface area contributed by atoms with Crippen molar-refractivity contribution in [2.75, 3.05) is 19.0 Å². The average molecular weight is 416 g/mol. The van der Waals surface area contributed by atoms with Crippen LogP contribution in [0.2, 0.25) is 0 Å². The van der Waals surface area contributed by atoms with Gasteiger partial charge >= 0.3 is 0 Å². The van der Waals surface area contributed by atoms with E-state index in [-0.39, 0.29) is 5.82 Å². The topological polar surface area (TPSA) is 46.0 Å². The molecule has 2 aromatic heterocycles. The minimum Gasteiger partial charge on any atom is -0.362 e. The van der Waals surface area contributed by atoms with Gasteiger partial charge in [0, 0.05) is 56.3 Å². The molecular weight excluding hydrogens is 389 g/mol. The van der Waals surface area contributed by atoms with Crippen molar-refractivity contribution < 1.29 is 4.39 Å². The largest absolute Gasteiger partial charge is 0.362 e. The highest BCUT2D eigenvalue weighted by Gasteiger charge is 2.13. The summed E-state index contributed by atoms with van der Waals surface area (Å²) in [6, 6.07) is 18.7. The number of benzene rings is 2. The summed E-state index contributed by atoms with van der Waals surface area (Å²) in [6.07, 6.45) is 3.81. The van der Waals surface area contributed by atoms with Gasteiger partial charge in [0.15, 0.2) is 0 Å². The van der Waals surface area contributed by atoms with E-state index >= 15 is 0 Å². The maximum atomic E-state index is 13.4. The van der Waals surface area contributed by atoms with Crippen LogP contribution in [0.25, 0.3) is 16.9 Å². The number of pyridine rings is 1. The zero-order valence-electron chi connectivity index (χ0n) is 18.0. The summed E-state index contributed by atoms with van der Waals surface area (Å²) < 4.78 is 15.2. The summed E-state index contributed by atoms with van der Waals surface area (Å²) in [5, 5.41) is 8.34. The quantitative estimate of drug-likeness (QED) is 0.474. The van der Waals surface area contributed by atoms with Gasteiger partial charge in [0.05, 0.1) is 11.4 Å². The normalized spacial score (nSPS) is 11.0. The molecule has 0 aliphatic carbocycles. The van der Waals surface area contributed by atoms with Crippen molar-refractivity contribution in [2.45, 2.75) is 20.0 Å². The third kappa shape index (κ3) is 4.81. The van der Waals surface area contributed by atoms with Crippen molar-refractivity contribution in [1.29, 1.82) is 0 Å². The van der Waals surface area contributed by atoms with Crippen molar-refractivity contribution in [1.82, 2.24) is 20.1 Å². The Bertz CT molecular complexity index is 1150. The van der Waals surface area contributed by atoms with Crippen LogP contribution in [-0.4, -0.2) is 28.9 Å². The first-order chi connectivity index (χ1) is 15.0. The first-order valence-electron chi connectivity index (χ1n) is 10.2. The van der Waals surface area contributed by atoms with Crippen LogP contribution < -0.4 is 10.2 Å². The van der Waals surface area contributed by atoms with Gasteiger partial charge in [-0.3, -0.25) is 0 Å². The van der Waals surface area contributed by atoms with Crippen molar-refractivity contribution in [3.05, 3.63) is 95.6 Å². The van der Waals surface area contributed by atoms with Crippen LogP contribution in [0.4, 0.5) is 10.2 Å². The van der Waals surface area contributed by atoms with Crippen molar-refractivity contribution in [3.8, 4) is 16.9 Å². The van der Waals surface area contributed by atoms with Gasteiger partial charge < -0.3 is 10.2 Å². The summed E-state index contributed by atoms with van der Waals surface area (Å²) in [5.41, 5.74) is 6.20. The summed E-state index contributed by atoms with van der Waals surface area (Å²) in [4.78, 5) is 6.48. The minimum atomic E-state index is -0.260. The van der Waals surface area contributed by atoms with Gasteiger partial charge in [-0.15, -0.1) is 0 Å². The highest BCUT2D eigenvalue weighted by Crippen LogP contribution is 2.25. The molecule has 4 aromatic rings. The van der Waals surface area contributed by atoms with Crippen LogP contribution in [0.5, 0.6) is 0 Å². The fourth-order valence-electron chi connectivity index (χ4n) is 3.52. The second-order valence-corrected chi connectivity index (χ2v) is 7.77. The molecule has 0 unspecified atom stereocenters. The molecule has 31 heavy (non-hydrogen) atoms. The summed E-state index contributed by atoms with van der Waals surface area (Å²) >= 11 is 0. The zero-order chi connectivity index (χ0) is 21.8. The third-order valence-corrected chi connectivity index (χ3v) is 5.13. The van der Waals surface area contributed by atoms with E-state index in [0.717, 1.165) is 33.9 Å². The molecule has 1 N–H and O–H groups in total. The minimum absolute atomic E-state index is 0.260. The number of nitrogens with zero attached hydrogens (tertiary/aromatic N) is 4. The van der Waals surface area contributed by atoms with Crippen molar-refractivity contribution in [3.63, 3.8) is 0 Å². The van der Waals surface area contributed by atoms with Crippen LogP contribution in [0, 0.1) is 12.7 Å². The predicted molar refractivity (Wildman–Crippen MR) is 123 cm³/mol. The van der Waals surface area contributed by atoms with E-state index in [1.807, 2.05) is 31.3 Å². The number of hydrogen-bond acceptors (Lipinski definition) is 4. The molecule has 0 saturated heterocycles. The molecule has 0 bridgehead atoms. The van der Waals surface area contributed by atoms with Gasteiger partial charge in [0.2, 0.25) is 0 Å². The molecule has 0 aliphatic rings. The van der Waals surface area contributed by atoms with E-state index in [9.17, 15) is 4.39 Å². The Morgan fingerprint density at radius 3 is 2.35 bits per heavy atom. The van der Waals surface area contributed by atoms with Gasteiger partial charge in [-0.1, -0.05) is 35.9 Å². The molecule has 0 radical (unpaired) electrons. The second kappa shape index (κ2) is 9.10. The van der Waals surface area contributed by atoms with E-state index < -0.39 is 0 Å². The van der Waals surface area contributed by atoms with Crippen molar-refractivity contribution in [2.24, 2.45) is 0 Å². The van der Waals surface area contributed by atoms with Gasteiger partial charge in [-0.2, -0.15) is 5.10 Å². The molecule has 158 valence electrons. The molecule has 2 heterocycles. The predicted octanol–water partition coefficient (Wildman–Crippen LogP) is 4.74. The number of halogens is 1. The summed E-state index contributed by atoms with van der Waals surface area (Å²) in [5.74, 6) is 0.695. The van der Waals surface area contributed by atoms with Gasteiger partial charge in [0.1, 0.15) is 11.6 Å². The van der Waals surface area contributed by atoms with Gasteiger partial charge in [-0.05, 0) is 37.3 Å². The van der Waals surface area contributed by atoms with E-state index in [0.29, 0.717) is 13.1 Å². The maximum absolute atomic E-state index is 13.4. The molecule has 0 aliphatic heterocycles. The Morgan fingerprint density at radius 2 is 1.65 bits per heavy atom. The van der Waals surface area contributed by atoms with Gasteiger partial charge in [0.25, 0.3) is 0 Å². The Labute approximate surface area is 182 Å². The third-order valence-electron chi connectivity index (χ3n) is 5.13. The number of rotatable bonds is 7. The highest BCUT2D eigenvalue weighted by atomic mass is 19.1. The first-order valence-corrected chi connectivity index (χ1v) is 10.2. The number of anilines is 1. The molecule has 2 aromatic carbocycles. The molecule has 0 saturated carbocycles. The first kappa shape index (κ1) is 20.8. The Morgan fingerprint density at radius 1 is 0.935 bits per heavy atom. The fraction of sp³-hybridized carbons (Fsp3) is 0.200. The van der Waals surface area contributed by atoms with Crippen LogP contribution in [0.3, 0.4) is 0 Å². The van der Waals surface area contributed by atoms with Crippen molar-refractivity contribution >= 4 is 5.82 Å². The van der Waals surface area contributed by atoms with E-state index in [1.54, 1.807) is 23.0 Å². The molecule has 0 spiro atoms. The van der Waals surface area contributed by atoms with Crippen LogP contribution in [0.1, 0.15) is 16.7 Å². The lowest BCUT2D eigenvalue weighted by Crippen LogP contribution is -2.18. The lowest BCUT2D eigenvalue weighted by atomic mass is 10.1. The highest BCUT2D eigenvalue weighted by molar-refractivity contribution is 5.63. The van der Waals surface area contributed by atoms with Crippen LogP contribution in [0.15, 0.2) is 73.1 Å². The van der Waals surface area contributed by atoms with E-state index in [1.165, 1.54) is 17.7 Å². The lowest BCUT2D eigenvalue weighted by molar-refractivity contribution is 0.627. The summed E-state index contributed by atoms with van der Waals surface area (Å²) in [7, 11) is 3.99. The SMILES string of the molecule is Cc1ccc(-c2nn(-c3ccc(F)cc3)cc2CNCc2cccnc2N(C)C)cc1.